The Bertz CT molecular complexity index is 745. The summed E-state index contributed by atoms with van der Waals surface area (Å²) in [7, 11) is 0. The predicted molar refractivity (Wildman–Crippen MR) is 99.8 cm³/mol. The molecule has 0 aliphatic carbocycles. The molecule has 1 aliphatic rings. The molecule has 25 heavy (non-hydrogen) atoms. The van der Waals surface area contributed by atoms with E-state index >= 15 is 0 Å². The number of fused-ring (bicyclic) bond motifs is 1. The highest BCUT2D eigenvalue weighted by molar-refractivity contribution is 6.06. The summed E-state index contributed by atoms with van der Waals surface area (Å²) >= 11 is 0. The minimum Gasteiger partial charge on any atom is -0.374 e. The number of aromatic nitrogens is 1. The number of nitrogens with one attached hydrogen (secondary N) is 1. The number of carbonyl (C=O) groups is 1. The Morgan fingerprint density at radius 3 is 3.00 bits per heavy atom. The highest BCUT2D eigenvalue weighted by Gasteiger charge is 2.22. The molecule has 5 heteroatoms. The predicted octanol–water partition coefficient (Wildman–Crippen LogP) is 2.63. The zero-order chi connectivity index (χ0) is 17.8. The van der Waals surface area contributed by atoms with E-state index in [-0.39, 0.29) is 12.0 Å². The van der Waals surface area contributed by atoms with E-state index in [9.17, 15) is 4.79 Å². The maximum absolute atomic E-state index is 12.7. The zero-order valence-corrected chi connectivity index (χ0v) is 15.3. The second-order valence-electron chi connectivity index (χ2n) is 7.18. The standard InChI is InChI=1S/C20H27N3O2/c1-14(2)12-23-8-9-25-16(13-23)11-21-20(24)18-10-15(3)22-19-7-5-4-6-17(18)19/h4-7,10,14,16H,8-9,11-13H2,1-3H3,(H,21,24). The fourth-order valence-corrected chi connectivity index (χ4v) is 3.38. The number of benzene rings is 1. The molecule has 0 spiro atoms. The van der Waals surface area contributed by atoms with E-state index < -0.39 is 0 Å². The summed E-state index contributed by atoms with van der Waals surface area (Å²) in [4.78, 5) is 19.6. The lowest BCUT2D eigenvalue weighted by Crippen LogP contribution is -2.48. The fourth-order valence-electron chi connectivity index (χ4n) is 3.38. The molecule has 1 aromatic carbocycles. The average Bonchev–Trinajstić information content (AvgIpc) is 2.58. The number of pyridine rings is 1. The molecule has 134 valence electrons. The van der Waals surface area contributed by atoms with E-state index in [4.69, 9.17) is 4.74 Å². The number of ether oxygens (including phenoxy) is 1. The monoisotopic (exact) mass is 341 g/mol. The van der Waals surface area contributed by atoms with Gasteiger partial charge in [-0.25, -0.2) is 0 Å². The molecular weight excluding hydrogens is 314 g/mol. The first-order chi connectivity index (χ1) is 12.0. The molecular formula is C20H27N3O2. The molecule has 1 saturated heterocycles. The number of aryl methyl sites for hydroxylation is 1. The van der Waals surface area contributed by atoms with Gasteiger partial charge in [0.15, 0.2) is 0 Å². The van der Waals surface area contributed by atoms with E-state index in [2.05, 4.69) is 29.0 Å². The van der Waals surface area contributed by atoms with Crippen molar-refractivity contribution in [2.75, 3.05) is 32.8 Å². The summed E-state index contributed by atoms with van der Waals surface area (Å²) in [5.41, 5.74) is 2.38. The Morgan fingerprint density at radius 2 is 2.20 bits per heavy atom. The fraction of sp³-hybridized carbons (Fsp3) is 0.500. The Hall–Kier alpha value is -1.98. The van der Waals surface area contributed by atoms with Crippen LogP contribution in [0.5, 0.6) is 0 Å². The van der Waals surface area contributed by atoms with Crippen LogP contribution in [0.4, 0.5) is 0 Å². The smallest absolute Gasteiger partial charge is 0.252 e. The van der Waals surface area contributed by atoms with Gasteiger partial charge >= 0.3 is 0 Å². The zero-order valence-electron chi connectivity index (χ0n) is 15.3. The number of hydrogen-bond donors (Lipinski definition) is 1. The van der Waals surface area contributed by atoms with Crippen LogP contribution >= 0.6 is 0 Å². The molecule has 0 radical (unpaired) electrons. The number of rotatable bonds is 5. The first-order valence-electron chi connectivity index (χ1n) is 9.01. The lowest BCUT2D eigenvalue weighted by atomic mass is 10.1. The van der Waals surface area contributed by atoms with Crippen LogP contribution in [0, 0.1) is 12.8 Å². The third kappa shape index (κ3) is 4.55. The molecule has 1 N–H and O–H groups in total. The summed E-state index contributed by atoms with van der Waals surface area (Å²) in [6.07, 6.45) is 0.0469. The van der Waals surface area contributed by atoms with E-state index in [0.29, 0.717) is 18.0 Å². The van der Waals surface area contributed by atoms with Gasteiger partial charge in [0.2, 0.25) is 0 Å². The van der Waals surface area contributed by atoms with Crippen molar-refractivity contribution in [1.82, 2.24) is 15.2 Å². The van der Waals surface area contributed by atoms with Crippen molar-refractivity contribution < 1.29 is 9.53 Å². The minimum absolute atomic E-state index is 0.0469. The van der Waals surface area contributed by atoms with Crippen LogP contribution in [0.15, 0.2) is 30.3 Å². The molecule has 5 nitrogen and oxygen atoms in total. The van der Waals surface area contributed by atoms with Crippen molar-refractivity contribution >= 4 is 16.8 Å². The third-order valence-electron chi connectivity index (χ3n) is 4.43. The highest BCUT2D eigenvalue weighted by Crippen LogP contribution is 2.18. The molecule has 3 rings (SSSR count). The maximum Gasteiger partial charge on any atom is 0.252 e. The molecule has 0 bridgehead atoms. The summed E-state index contributed by atoms with van der Waals surface area (Å²) in [5, 5.41) is 3.93. The van der Waals surface area contributed by atoms with Crippen LogP contribution in [0.2, 0.25) is 0 Å². The van der Waals surface area contributed by atoms with E-state index in [0.717, 1.165) is 42.8 Å². The van der Waals surface area contributed by atoms with Crippen LogP contribution in [-0.4, -0.2) is 54.7 Å². The van der Waals surface area contributed by atoms with Gasteiger partial charge in [0.25, 0.3) is 5.91 Å². The number of amides is 1. The summed E-state index contributed by atoms with van der Waals surface area (Å²) < 4.78 is 5.82. The second-order valence-corrected chi connectivity index (χ2v) is 7.18. The third-order valence-corrected chi connectivity index (χ3v) is 4.43. The molecule has 2 aromatic rings. The van der Waals surface area contributed by atoms with Gasteiger partial charge in [0.05, 0.1) is 23.8 Å². The van der Waals surface area contributed by atoms with E-state index in [1.165, 1.54) is 0 Å². The van der Waals surface area contributed by atoms with Crippen LogP contribution < -0.4 is 5.32 Å². The number of carbonyl (C=O) groups excluding carboxylic acids is 1. The van der Waals surface area contributed by atoms with Crippen LogP contribution in [0.3, 0.4) is 0 Å². The number of hydrogen-bond acceptors (Lipinski definition) is 4. The quantitative estimate of drug-likeness (QED) is 0.908. The number of para-hydroxylation sites is 1. The van der Waals surface area contributed by atoms with Gasteiger partial charge in [-0.15, -0.1) is 0 Å². The topological polar surface area (TPSA) is 54.5 Å². The average molecular weight is 341 g/mol. The van der Waals surface area contributed by atoms with E-state index in [1.807, 2.05) is 37.3 Å². The van der Waals surface area contributed by atoms with Crippen molar-refractivity contribution in [3.63, 3.8) is 0 Å². The van der Waals surface area contributed by atoms with Crippen LogP contribution in [0.25, 0.3) is 10.9 Å². The van der Waals surface area contributed by atoms with Crippen molar-refractivity contribution in [2.24, 2.45) is 5.92 Å². The highest BCUT2D eigenvalue weighted by atomic mass is 16.5. The molecule has 0 saturated carbocycles. The lowest BCUT2D eigenvalue weighted by molar-refractivity contribution is -0.0295. The van der Waals surface area contributed by atoms with Gasteiger partial charge in [0, 0.05) is 37.3 Å². The van der Waals surface area contributed by atoms with Gasteiger partial charge in [0.1, 0.15) is 0 Å². The summed E-state index contributed by atoms with van der Waals surface area (Å²) in [6.45, 7) is 10.5. The minimum atomic E-state index is -0.0636. The SMILES string of the molecule is Cc1cc(C(=O)NCC2CN(CC(C)C)CCO2)c2ccccc2n1. The van der Waals surface area contributed by atoms with Crippen molar-refractivity contribution in [3.8, 4) is 0 Å². The van der Waals surface area contributed by atoms with Crippen molar-refractivity contribution in [2.45, 2.75) is 26.9 Å². The summed E-state index contributed by atoms with van der Waals surface area (Å²) in [6, 6.07) is 9.61. The van der Waals surface area contributed by atoms with Crippen molar-refractivity contribution in [3.05, 3.63) is 41.6 Å². The Balaban J connectivity index is 1.65. The first kappa shape index (κ1) is 17.8. The normalized spacial score (nSPS) is 18.6. The number of nitrogens with zero attached hydrogens (tertiary/aromatic N) is 2. The molecule has 1 aliphatic heterocycles. The van der Waals surface area contributed by atoms with Gasteiger partial charge < -0.3 is 10.1 Å². The molecule has 1 fully saturated rings. The molecule has 1 atom stereocenters. The van der Waals surface area contributed by atoms with Gasteiger partial charge in [-0.05, 0) is 25.0 Å². The van der Waals surface area contributed by atoms with Crippen LogP contribution in [0.1, 0.15) is 29.9 Å². The Labute approximate surface area is 149 Å². The Morgan fingerprint density at radius 1 is 1.40 bits per heavy atom. The first-order valence-corrected chi connectivity index (χ1v) is 9.01. The Kier molecular flexibility index (Phi) is 5.66. The molecule has 1 amide bonds. The molecule has 1 aromatic heterocycles. The van der Waals surface area contributed by atoms with Gasteiger partial charge in [-0.2, -0.15) is 0 Å². The molecule has 2 heterocycles. The van der Waals surface area contributed by atoms with Gasteiger partial charge in [-0.1, -0.05) is 32.0 Å². The number of morpholine rings is 1. The molecule has 1 unspecified atom stereocenters. The van der Waals surface area contributed by atoms with Crippen molar-refractivity contribution in [1.29, 1.82) is 0 Å². The summed E-state index contributed by atoms with van der Waals surface area (Å²) in [5.74, 6) is 0.575. The van der Waals surface area contributed by atoms with Gasteiger partial charge in [-0.3, -0.25) is 14.7 Å². The van der Waals surface area contributed by atoms with E-state index in [1.54, 1.807) is 0 Å². The van der Waals surface area contributed by atoms with Crippen LogP contribution in [-0.2, 0) is 4.74 Å². The largest absolute Gasteiger partial charge is 0.374 e. The maximum atomic E-state index is 12.7. The lowest BCUT2D eigenvalue weighted by Gasteiger charge is -2.34. The second kappa shape index (κ2) is 7.93.